The van der Waals surface area contributed by atoms with Gasteiger partial charge in [0.1, 0.15) is 5.78 Å². The van der Waals surface area contributed by atoms with Gasteiger partial charge in [-0.1, -0.05) is 27.7 Å². The molecule has 1 atom stereocenters. The van der Waals surface area contributed by atoms with E-state index in [1.807, 2.05) is 0 Å². The van der Waals surface area contributed by atoms with Crippen molar-refractivity contribution < 1.29 is 18.0 Å². The monoisotopic (exact) mass is 196 g/mol. The number of hydrogen-bond donors (Lipinski definition) is 0. The molecule has 0 spiro atoms. The lowest BCUT2D eigenvalue weighted by atomic mass is 9.85. The zero-order valence-corrected chi connectivity index (χ0v) is 8.33. The van der Waals surface area contributed by atoms with Gasteiger partial charge < -0.3 is 0 Å². The summed E-state index contributed by atoms with van der Waals surface area (Å²) in [6.07, 6.45) is -4.69. The van der Waals surface area contributed by atoms with E-state index in [9.17, 15) is 18.0 Å². The van der Waals surface area contributed by atoms with Crippen molar-refractivity contribution in [3.63, 3.8) is 0 Å². The Bertz CT molecular complexity index is 188. The molecule has 0 aromatic rings. The standard InChI is InChI=1S/C9H15F3O/c1-6(9(10,11)12)5-7(13)8(2,3)4/h6H,5H2,1-4H3. The quantitative estimate of drug-likeness (QED) is 0.662. The molecule has 0 bridgehead atoms. The van der Waals surface area contributed by atoms with Gasteiger partial charge >= 0.3 is 6.18 Å². The van der Waals surface area contributed by atoms with E-state index in [-0.39, 0.29) is 5.78 Å². The molecular weight excluding hydrogens is 181 g/mol. The Labute approximate surface area is 76.3 Å². The van der Waals surface area contributed by atoms with Crippen LogP contribution in [0.25, 0.3) is 0 Å². The summed E-state index contributed by atoms with van der Waals surface area (Å²) in [6, 6.07) is 0. The Balaban J connectivity index is 4.24. The molecule has 4 heteroatoms. The second-order valence-electron chi connectivity index (χ2n) is 4.32. The van der Waals surface area contributed by atoms with Crippen molar-refractivity contribution in [3.8, 4) is 0 Å². The Morgan fingerprint density at radius 2 is 1.62 bits per heavy atom. The van der Waals surface area contributed by atoms with E-state index in [0.29, 0.717) is 0 Å². The maximum absolute atomic E-state index is 12.0. The SMILES string of the molecule is CC(CC(=O)C(C)(C)C)C(F)(F)F. The van der Waals surface area contributed by atoms with Gasteiger partial charge in [0.15, 0.2) is 0 Å². The van der Waals surface area contributed by atoms with Gasteiger partial charge in [0, 0.05) is 11.8 Å². The van der Waals surface area contributed by atoms with E-state index >= 15 is 0 Å². The van der Waals surface area contributed by atoms with Crippen LogP contribution in [0.3, 0.4) is 0 Å². The largest absolute Gasteiger partial charge is 0.391 e. The number of carbonyl (C=O) groups excluding carboxylic acids is 1. The highest BCUT2D eigenvalue weighted by molar-refractivity contribution is 5.83. The maximum atomic E-state index is 12.0. The van der Waals surface area contributed by atoms with Crippen LogP contribution in [0, 0.1) is 11.3 Å². The van der Waals surface area contributed by atoms with Crippen molar-refractivity contribution in [2.75, 3.05) is 0 Å². The molecule has 0 saturated heterocycles. The van der Waals surface area contributed by atoms with Crippen molar-refractivity contribution in [2.45, 2.75) is 40.3 Å². The first kappa shape index (κ1) is 12.5. The van der Waals surface area contributed by atoms with E-state index in [1.165, 1.54) is 0 Å². The van der Waals surface area contributed by atoms with Gasteiger partial charge in [-0.25, -0.2) is 0 Å². The lowest BCUT2D eigenvalue weighted by Crippen LogP contribution is -2.28. The first-order chi connectivity index (χ1) is 5.55. The molecular formula is C9H15F3O. The molecule has 0 aliphatic heterocycles. The van der Waals surface area contributed by atoms with Gasteiger partial charge in [0.25, 0.3) is 0 Å². The molecule has 13 heavy (non-hydrogen) atoms. The lowest BCUT2D eigenvalue weighted by Gasteiger charge is -2.21. The first-order valence-corrected chi connectivity index (χ1v) is 4.15. The molecule has 0 heterocycles. The van der Waals surface area contributed by atoms with Crippen LogP contribution < -0.4 is 0 Å². The highest BCUT2D eigenvalue weighted by Gasteiger charge is 2.38. The molecule has 0 aromatic carbocycles. The fourth-order valence-electron chi connectivity index (χ4n) is 0.700. The molecule has 0 aliphatic carbocycles. The summed E-state index contributed by atoms with van der Waals surface area (Å²) in [5.41, 5.74) is -0.681. The summed E-state index contributed by atoms with van der Waals surface area (Å²) in [4.78, 5) is 11.2. The third-order valence-electron chi connectivity index (χ3n) is 1.89. The number of ketones is 1. The Hall–Kier alpha value is -0.540. The van der Waals surface area contributed by atoms with Crippen LogP contribution in [0.2, 0.25) is 0 Å². The highest BCUT2D eigenvalue weighted by Crippen LogP contribution is 2.31. The maximum Gasteiger partial charge on any atom is 0.391 e. The van der Waals surface area contributed by atoms with Gasteiger partial charge in [0.2, 0.25) is 0 Å². The zero-order valence-electron chi connectivity index (χ0n) is 8.33. The molecule has 0 radical (unpaired) electrons. The van der Waals surface area contributed by atoms with Gasteiger partial charge in [-0.2, -0.15) is 13.2 Å². The van der Waals surface area contributed by atoms with Gasteiger partial charge in [-0.15, -0.1) is 0 Å². The van der Waals surface area contributed by atoms with Crippen molar-refractivity contribution in [1.82, 2.24) is 0 Å². The van der Waals surface area contributed by atoms with E-state index < -0.39 is 23.9 Å². The fourth-order valence-corrected chi connectivity index (χ4v) is 0.700. The average molecular weight is 196 g/mol. The smallest absolute Gasteiger partial charge is 0.299 e. The Morgan fingerprint density at radius 1 is 1.23 bits per heavy atom. The Morgan fingerprint density at radius 3 is 1.85 bits per heavy atom. The minimum Gasteiger partial charge on any atom is -0.299 e. The van der Waals surface area contributed by atoms with Crippen molar-refractivity contribution in [2.24, 2.45) is 11.3 Å². The zero-order chi connectivity index (χ0) is 10.9. The molecule has 78 valence electrons. The van der Waals surface area contributed by atoms with Crippen LogP contribution in [0.15, 0.2) is 0 Å². The van der Waals surface area contributed by atoms with Crippen molar-refractivity contribution in [1.29, 1.82) is 0 Å². The predicted molar refractivity (Wildman–Crippen MR) is 44.3 cm³/mol. The van der Waals surface area contributed by atoms with Gasteiger partial charge in [-0.3, -0.25) is 4.79 Å². The van der Waals surface area contributed by atoms with Crippen LogP contribution in [-0.2, 0) is 4.79 Å². The molecule has 0 N–H and O–H groups in total. The number of alkyl halides is 3. The molecule has 1 nitrogen and oxygen atoms in total. The van der Waals surface area contributed by atoms with E-state index in [4.69, 9.17) is 0 Å². The van der Waals surface area contributed by atoms with E-state index in [1.54, 1.807) is 20.8 Å². The molecule has 1 unspecified atom stereocenters. The number of halogens is 3. The second-order valence-corrected chi connectivity index (χ2v) is 4.32. The molecule has 0 saturated carbocycles. The number of rotatable bonds is 2. The van der Waals surface area contributed by atoms with Gasteiger partial charge in [-0.05, 0) is 0 Å². The van der Waals surface area contributed by atoms with Gasteiger partial charge in [0.05, 0.1) is 5.92 Å². The normalized spacial score (nSPS) is 15.6. The number of carbonyl (C=O) groups is 1. The predicted octanol–water partition coefficient (Wildman–Crippen LogP) is 3.19. The van der Waals surface area contributed by atoms with Crippen LogP contribution >= 0.6 is 0 Å². The van der Waals surface area contributed by atoms with E-state index in [0.717, 1.165) is 6.92 Å². The summed E-state index contributed by atoms with van der Waals surface area (Å²) in [5.74, 6) is -1.89. The summed E-state index contributed by atoms with van der Waals surface area (Å²) in [7, 11) is 0. The number of hydrogen-bond acceptors (Lipinski definition) is 1. The second kappa shape index (κ2) is 3.68. The fraction of sp³-hybridized carbons (Fsp3) is 0.889. The van der Waals surface area contributed by atoms with Crippen molar-refractivity contribution >= 4 is 5.78 Å². The molecule has 0 fully saturated rings. The summed E-state index contributed by atoms with van der Waals surface area (Å²) < 4.78 is 36.1. The first-order valence-electron chi connectivity index (χ1n) is 4.15. The molecule has 0 rings (SSSR count). The molecule has 0 aromatic heterocycles. The topological polar surface area (TPSA) is 17.1 Å². The summed E-state index contributed by atoms with van der Waals surface area (Å²) >= 11 is 0. The van der Waals surface area contributed by atoms with Crippen LogP contribution in [0.4, 0.5) is 13.2 Å². The van der Waals surface area contributed by atoms with E-state index in [2.05, 4.69) is 0 Å². The average Bonchev–Trinajstić information content (AvgIpc) is 1.82. The minimum absolute atomic E-state index is 0.350. The third-order valence-corrected chi connectivity index (χ3v) is 1.89. The lowest BCUT2D eigenvalue weighted by molar-refractivity contribution is -0.175. The Kier molecular flexibility index (Phi) is 3.53. The summed E-state index contributed by atoms with van der Waals surface area (Å²) in [6.45, 7) is 5.90. The minimum atomic E-state index is -4.26. The number of Topliss-reactive ketones (excluding diaryl/α,β-unsaturated/α-hetero) is 1. The van der Waals surface area contributed by atoms with Crippen molar-refractivity contribution in [3.05, 3.63) is 0 Å². The van der Waals surface area contributed by atoms with Crippen LogP contribution in [0.1, 0.15) is 34.1 Å². The third kappa shape index (κ3) is 4.29. The van der Waals surface area contributed by atoms with Crippen LogP contribution in [-0.4, -0.2) is 12.0 Å². The molecule has 0 amide bonds. The van der Waals surface area contributed by atoms with Crippen LogP contribution in [0.5, 0.6) is 0 Å². The highest BCUT2D eigenvalue weighted by atomic mass is 19.4. The molecule has 0 aliphatic rings. The summed E-state index contributed by atoms with van der Waals surface area (Å²) in [5, 5.41) is 0.